The number of methoxy groups -OCH3 is 1. The number of nitrogens with one attached hydrogen (secondary N) is 1. The lowest BCUT2D eigenvalue weighted by Gasteiger charge is -2.47. The Kier molecular flexibility index (Phi) is 7.21. The number of hydrogen-bond donors (Lipinski definition) is 3. The summed E-state index contributed by atoms with van der Waals surface area (Å²) in [6, 6.07) is 14.4. The number of aliphatic hydroxyl groups is 1. The highest BCUT2D eigenvalue weighted by Gasteiger charge is 2.45. The minimum Gasteiger partial charge on any atom is -0.497 e. The Morgan fingerprint density at radius 2 is 2.03 bits per heavy atom. The molecule has 1 aromatic heterocycles. The average Bonchev–Trinajstić information content (AvgIpc) is 2.87. The van der Waals surface area contributed by atoms with Gasteiger partial charge in [0.1, 0.15) is 11.6 Å². The number of fused-ring (bicyclic) bond motifs is 1. The van der Waals surface area contributed by atoms with Gasteiger partial charge in [-0.25, -0.2) is 4.39 Å². The van der Waals surface area contributed by atoms with E-state index in [1.807, 2.05) is 36.4 Å². The average molecular weight is 493 g/mol. The van der Waals surface area contributed by atoms with Crippen molar-refractivity contribution in [3.05, 3.63) is 71.7 Å². The Morgan fingerprint density at radius 1 is 1.22 bits per heavy atom. The van der Waals surface area contributed by atoms with Crippen LogP contribution in [-0.2, 0) is 4.79 Å². The number of rotatable bonds is 8. The molecule has 0 bridgehead atoms. The summed E-state index contributed by atoms with van der Waals surface area (Å²) in [5, 5.41) is 25.5. The first-order valence-electron chi connectivity index (χ1n) is 12.7. The molecule has 1 aliphatic heterocycles. The molecular formula is C29H33FN2O4. The van der Waals surface area contributed by atoms with Gasteiger partial charge in [-0.3, -0.25) is 9.78 Å². The molecule has 2 aromatic carbocycles. The molecule has 3 aromatic rings. The van der Waals surface area contributed by atoms with Crippen molar-refractivity contribution in [1.29, 1.82) is 0 Å². The molecule has 1 saturated heterocycles. The maximum atomic E-state index is 14.4. The highest BCUT2D eigenvalue weighted by molar-refractivity contribution is 5.83. The van der Waals surface area contributed by atoms with Crippen molar-refractivity contribution >= 4 is 16.9 Å². The van der Waals surface area contributed by atoms with Crippen molar-refractivity contribution in [1.82, 2.24) is 10.3 Å². The highest BCUT2D eigenvalue weighted by atomic mass is 19.1. The summed E-state index contributed by atoms with van der Waals surface area (Å²) >= 11 is 0. The van der Waals surface area contributed by atoms with E-state index in [0.717, 1.165) is 47.8 Å². The van der Waals surface area contributed by atoms with Crippen LogP contribution in [0.15, 0.2) is 54.7 Å². The number of halogens is 1. The normalized spacial score (nSPS) is 25.6. The molecular weight excluding hydrogens is 459 g/mol. The number of carboxylic acid groups (broad SMARTS) is 1. The number of ether oxygens (including phenoxy) is 1. The van der Waals surface area contributed by atoms with E-state index >= 15 is 0 Å². The van der Waals surface area contributed by atoms with E-state index in [2.05, 4.69) is 10.3 Å². The Bertz CT molecular complexity index is 1230. The van der Waals surface area contributed by atoms with E-state index in [1.54, 1.807) is 19.4 Å². The molecule has 1 saturated carbocycles. The summed E-state index contributed by atoms with van der Waals surface area (Å²) in [6.07, 6.45) is 3.74. The largest absolute Gasteiger partial charge is 0.497 e. The smallest absolute Gasteiger partial charge is 0.308 e. The minimum atomic E-state index is -0.796. The quantitative estimate of drug-likeness (QED) is 0.413. The van der Waals surface area contributed by atoms with Gasteiger partial charge in [-0.1, -0.05) is 18.2 Å². The van der Waals surface area contributed by atoms with Crippen LogP contribution in [0.1, 0.15) is 48.8 Å². The van der Waals surface area contributed by atoms with E-state index in [4.69, 9.17) is 4.74 Å². The Morgan fingerprint density at radius 3 is 2.78 bits per heavy atom. The molecule has 2 unspecified atom stereocenters. The number of aliphatic hydroxyl groups excluding tert-OH is 1. The van der Waals surface area contributed by atoms with Gasteiger partial charge in [-0.05, 0) is 97.4 Å². The zero-order valence-corrected chi connectivity index (χ0v) is 20.4. The number of aliphatic carboxylic acids is 1. The standard InChI is InChI=1S/C29H33FN2O4/c1-36-19-6-7-27-24(14-19)22(9-11-32-27)28(33)15-23(21-8-10-31-16-25(21)29(34)35)18-12-17(13-18)20-4-2-3-5-26(20)30/h2-7,9,11,14,17-18,21,23,25,28,31,33H,8,10,12-13,15-16H2,1H3,(H,34,35)/t17?,18?,21?,23-,25?,28-/m1/s1. The Balaban J connectivity index is 1.43. The van der Waals surface area contributed by atoms with Crippen LogP contribution >= 0.6 is 0 Å². The molecule has 0 radical (unpaired) electrons. The number of piperidine rings is 1. The third-order valence-corrected chi connectivity index (χ3v) is 8.36. The number of hydrogen-bond acceptors (Lipinski definition) is 5. The van der Waals surface area contributed by atoms with Crippen LogP contribution in [0.25, 0.3) is 10.9 Å². The highest BCUT2D eigenvalue weighted by Crippen LogP contribution is 2.52. The molecule has 7 heteroatoms. The van der Waals surface area contributed by atoms with Crippen LogP contribution < -0.4 is 10.1 Å². The van der Waals surface area contributed by atoms with E-state index in [1.165, 1.54) is 6.07 Å². The van der Waals surface area contributed by atoms with Gasteiger partial charge in [-0.15, -0.1) is 0 Å². The molecule has 2 heterocycles. The second kappa shape index (κ2) is 10.5. The molecule has 2 fully saturated rings. The van der Waals surface area contributed by atoms with Crippen LogP contribution in [0.5, 0.6) is 5.75 Å². The number of carbonyl (C=O) groups is 1. The first kappa shape index (κ1) is 24.7. The summed E-state index contributed by atoms with van der Waals surface area (Å²) in [5.74, 6) is -0.457. The van der Waals surface area contributed by atoms with Gasteiger partial charge in [0.15, 0.2) is 0 Å². The molecule has 190 valence electrons. The zero-order chi connectivity index (χ0) is 25.2. The summed E-state index contributed by atoms with van der Waals surface area (Å²) in [7, 11) is 1.61. The second-order valence-electron chi connectivity index (χ2n) is 10.2. The predicted molar refractivity (Wildman–Crippen MR) is 135 cm³/mol. The zero-order valence-electron chi connectivity index (χ0n) is 20.4. The van der Waals surface area contributed by atoms with Gasteiger partial charge in [-0.2, -0.15) is 0 Å². The lowest BCUT2D eigenvalue weighted by Crippen LogP contribution is -2.47. The fraction of sp³-hybridized carbons (Fsp3) is 0.448. The van der Waals surface area contributed by atoms with Crippen molar-refractivity contribution in [3.8, 4) is 5.75 Å². The topological polar surface area (TPSA) is 91.7 Å². The fourth-order valence-electron chi connectivity index (χ4n) is 6.40. The molecule has 3 N–H and O–H groups in total. The minimum absolute atomic E-state index is 0.0139. The second-order valence-corrected chi connectivity index (χ2v) is 10.2. The fourth-order valence-corrected chi connectivity index (χ4v) is 6.40. The lowest BCUT2D eigenvalue weighted by molar-refractivity contribution is -0.146. The van der Waals surface area contributed by atoms with Crippen LogP contribution in [0.2, 0.25) is 0 Å². The van der Waals surface area contributed by atoms with Crippen LogP contribution in [0.4, 0.5) is 4.39 Å². The third-order valence-electron chi connectivity index (χ3n) is 8.36. The first-order chi connectivity index (χ1) is 17.5. The van der Waals surface area contributed by atoms with Gasteiger partial charge in [0.25, 0.3) is 0 Å². The molecule has 5 rings (SSSR count). The monoisotopic (exact) mass is 492 g/mol. The molecule has 4 atom stereocenters. The molecule has 36 heavy (non-hydrogen) atoms. The number of carboxylic acids is 1. The van der Waals surface area contributed by atoms with Crippen molar-refractivity contribution < 1.29 is 24.1 Å². The SMILES string of the molecule is COc1ccc2nccc([C@H](O)C[C@H](C3CC(c4ccccc4F)C3)C3CCNCC3C(=O)O)c2c1. The van der Waals surface area contributed by atoms with Gasteiger partial charge in [0, 0.05) is 18.1 Å². The Hall–Kier alpha value is -3.03. The number of aromatic nitrogens is 1. The molecule has 0 amide bonds. The summed E-state index contributed by atoms with van der Waals surface area (Å²) < 4.78 is 19.8. The molecule has 2 aliphatic rings. The number of benzene rings is 2. The summed E-state index contributed by atoms with van der Waals surface area (Å²) in [5.41, 5.74) is 2.28. The van der Waals surface area contributed by atoms with Crippen molar-refractivity contribution in [3.63, 3.8) is 0 Å². The summed E-state index contributed by atoms with van der Waals surface area (Å²) in [6.45, 7) is 1.20. The van der Waals surface area contributed by atoms with E-state index in [0.29, 0.717) is 18.7 Å². The van der Waals surface area contributed by atoms with Crippen LogP contribution in [-0.4, -0.2) is 41.4 Å². The first-order valence-corrected chi connectivity index (χ1v) is 12.7. The van der Waals surface area contributed by atoms with E-state index in [-0.39, 0.29) is 29.5 Å². The van der Waals surface area contributed by atoms with Gasteiger partial charge in [0.05, 0.1) is 24.6 Å². The molecule has 0 spiro atoms. The predicted octanol–water partition coefficient (Wildman–Crippen LogP) is 4.93. The van der Waals surface area contributed by atoms with Crippen molar-refractivity contribution in [2.75, 3.05) is 20.2 Å². The maximum Gasteiger partial charge on any atom is 0.308 e. The van der Waals surface area contributed by atoms with Gasteiger partial charge in [0.2, 0.25) is 0 Å². The van der Waals surface area contributed by atoms with Gasteiger partial charge < -0.3 is 20.3 Å². The van der Waals surface area contributed by atoms with E-state index < -0.39 is 18.0 Å². The van der Waals surface area contributed by atoms with Gasteiger partial charge >= 0.3 is 5.97 Å². The number of pyridine rings is 1. The Labute approximate surface area is 210 Å². The number of nitrogens with zero attached hydrogens (tertiary/aromatic N) is 1. The van der Waals surface area contributed by atoms with E-state index in [9.17, 15) is 19.4 Å². The molecule has 6 nitrogen and oxygen atoms in total. The van der Waals surface area contributed by atoms with Crippen molar-refractivity contribution in [2.45, 2.75) is 37.7 Å². The lowest BCUT2D eigenvalue weighted by atomic mass is 9.59. The summed E-state index contributed by atoms with van der Waals surface area (Å²) in [4.78, 5) is 16.6. The van der Waals surface area contributed by atoms with Crippen LogP contribution in [0.3, 0.4) is 0 Å². The van der Waals surface area contributed by atoms with Crippen molar-refractivity contribution in [2.24, 2.45) is 23.7 Å². The third kappa shape index (κ3) is 4.82. The molecule has 1 aliphatic carbocycles. The van der Waals surface area contributed by atoms with Crippen LogP contribution in [0, 0.1) is 29.5 Å². The maximum absolute atomic E-state index is 14.4.